The molecular weight excluding hydrogens is 198 g/mol. The number of hydrogen-bond donors (Lipinski definition) is 0. The average Bonchev–Trinajstić information content (AvgIpc) is 1.63. The number of esters is 1. The van der Waals surface area contributed by atoms with Gasteiger partial charge in [0.15, 0.2) is 6.67 Å². The van der Waals surface area contributed by atoms with Gasteiger partial charge in [-0.1, -0.05) is 0 Å². The number of halogens is 3. The Balaban J connectivity index is 3.71. The van der Waals surface area contributed by atoms with E-state index in [-0.39, 0.29) is 0 Å². The summed E-state index contributed by atoms with van der Waals surface area (Å²) in [7, 11) is 0. The molecule has 0 aromatic heterocycles. The molecule has 0 radical (unpaired) electrons. The minimum atomic E-state index is -2.64. The minimum Gasteiger partial charge on any atom is -0.416 e. The normalized spacial score (nSPS) is 16.4. The van der Waals surface area contributed by atoms with Gasteiger partial charge in [0, 0.05) is 22.9 Å². The van der Waals surface area contributed by atoms with Crippen molar-refractivity contribution in [1.82, 2.24) is 0 Å². The molecule has 0 N–H and O–H groups in total. The van der Waals surface area contributed by atoms with Crippen LogP contribution < -0.4 is 0 Å². The van der Waals surface area contributed by atoms with Crippen LogP contribution in [0.5, 0.6) is 0 Å². The van der Waals surface area contributed by atoms with Crippen molar-refractivity contribution in [3.8, 4) is 0 Å². The average molecular weight is 203 g/mol. The van der Waals surface area contributed by atoms with E-state index in [1.165, 1.54) is 0 Å². The molecule has 0 heterocycles. The molecular formula is C4H5BrF2O2. The zero-order chi connectivity index (χ0) is 7.49. The van der Waals surface area contributed by atoms with Crippen molar-refractivity contribution in [2.24, 2.45) is 0 Å². The second-order valence-electron chi connectivity index (χ2n) is 1.36. The third kappa shape index (κ3) is 4.32. The Morgan fingerprint density at radius 3 is 2.44 bits per heavy atom. The SMILES string of the molecule is CC(=O)OC(F)(Br)CF. The van der Waals surface area contributed by atoms with Crippen LogP contribution in [0.1, 0.15) is 6.92 Å². The summed E-state index contributed by atoms with van der Waals surface area (Å²) in [4.78, 5) is 9.96. The fourth-order valence-corrected chi connectivity index (χ4v) is 0.466. The first-order chi connectivity index (χ1) is 3.98. The smallest absolute Gasteiger partial charge is 0.334 e. The number of carbonyl (C=O) groups is 1. The van der Waals surface area contributed by atoms with Crippen LogP contribution in [0, 0.1) is 0 Å². The molecule has 0 spiro atoms. The van der Waals surface area contributed by atoms with E-state index >= 15 is 0 Å². The second-order valence-corrected chi connectivity index (χ2v) is 2.55. The van der Waals surface area contributed by atoms with Crippen LogP contribution in [0.4, 0.5) is 8.78 Å². The lowest BCUT2D eigenvalue weighted by molar-refractivity contribution is -0.160. The van der Waals surface area contributed by atoms with Gasteiger partial charge in [0.2, 0.25) is 0 Å². The molecule has 0 amide bonds. The molecule has 0 aliphatic heterocycles. The van der Waals surface area contributed by atoms with Gasteiger partial charge < -0.3 is 4.74 Å². The highest BCUT2D eigenvalue weighted by atomic mass is 79.9. The molecule has 54 valence electrons. The van der Waals surface area contributed by atoms with Crippen molar-refractivity contribution in [1.29, 1.82) is 0 Å². The Hall–Kier alpha value is -0.190. The van der Waals surface area contributed by atoms with Gasteiger partial charge in [-0.05, 0) is 0 Å². The van der Waals surface area contributed by atoms with Crippen molar-refractivity contribution in [2.75, 3.05) is 6.67 Å². The Morgan fingerprint density at radius 2 is 2.33 bits per heavy atom. The van der Waals surface area contributed by atoms with Crippen molar-refractivity contribution < 1.29 is 18.3 Å². The van der Waals surface area contributed by atoms with Crippen LogP contribution in [0.2, 0.25) is 0 Å². The predicted octanol–water partition coefficient (Wildman–Crippen LogP) is 1.54. The first-order valence-corrected chi connectivity index (χ1v) is 2.90. The molecule has 1 atom stereocenters. The van der Waals surface area contributed by atoms with Crippen LogP contribution in [-0.4, -0.2) is 17.4 Å². The van der Waals surface area contributed by atoms with Gasteiger partial charge in [-0.2, -0.15) is 4.39 Å². The third-order valence-corrected chi connectivity index (χ3v) is 0.822. The highest BCUT2D eigenvalue weighted by molar-refractivity contribution is 9.10. The van der Waals surface area contributed by atoms with Crippen molar-refractivity contribution in [3.05, 3.63) is 0 Å². The van der Waals surface area contributed by atoms with Crippen LogP contribution in [0.15, 0.2) is 0 Å². The number of rotatable bonds is 2. The highest BCUT2D eigenvalue weighted by Gasteiger charge is 2.28. The Labute approximate surface area is 59.3 Å². The fraction of sp³-hybridized carbons (Fsp3) is 0.750. The lowest BCUT2D eigenvalue weighted by Crippen LogP contribution is -2.23. The summed E-state index contributed by atoms with van der Waals surface area (Å²) in [5.41, 5.74) is 0. The van der Waals surface area contributed by atoms with E-state index < -0.39 is 17.4 Å². The summed E-state index contributed by atoms with van der Waals surface area (Å²) in [5, 5.41) is 0. The number of hydrogen-bond acceptors (Lipinski definition) is 2. The molecule has 0 bridgehead atoms. The van der Waals surface area contributed by atoms with Crippen LogP contribution in [-0.2, 0) is 9.53 Å². The van der Waals surface area contributed by atoms with Crippen LogP contribution in [0.3, 0.4) is 0 Å². The van der Waals surface area contributed by atoms with Gasteiger partial charge >= 0.3 is 10.7 Å². The van der Waals surface area contributed by atoms with Gasteiger partial charge in [-0.15, -0.1) is 0 Å². The molecule has 5 heteroatoms. The van der Waals surface area contributed by atoms with Crippen LogP contribution >= 0.6 is 15.9 Å². The molecule has 0 aromatic rings. The van der Waals surface area contributed by atoms with Gasteiger partial charge in [0.25, 0.3) is 0 Å². The van der Waals surface area contributed by atoms with E-state index in [9.17, 15) is 13.6 Å². The monoisotopic (exact) mass is 202 g/mol. The van der Waals surface area contributed by atoms with Gasteiger partial charge in [0.05, 0.1) is 0 Å². The van der Waals surface area contributed by atoms with Crippen molar-refractivity contribution >= 4 is 21.9 Å². The van der Waals surface area contributed by atoms with E-state index in [0.29, 0.717) is 0 Å². The summed E-state index contributed by atoms with van der Waals surface area (Å²) >= 11 is 2.20. The van der Waals surface area contributed by atoms with Crippen LogP contribution in [0.25, 0.3) is 0 Å². The molecule has 0 saturated carbocycles. The lowest BCUT2D eigenvalue weighted by Gasteiger charge is -2.12. The maximum absolute atomic E-state index is 12.2. The largest absolute Gasteiger partial charge is 0.416 e. The zero-order valence-electron chi connectivity index (χ0n) is 4.66. The van der Waals surface area contributed by atoms with Gasteiger partial charge in [-0.3, -0.25) is 4.79 Å². The third-order valence-electron chi connectivity index (χ3n) is 0.449. The molecule has 2 nitrogen and oxygen atoms in total. The quantitative estimate of drug-likeness (QED) is 0.502. The zero-order valence-corrected chi connectivity index (χ0v) is 6.24. The van der Waals surface area contributed by atoms with E-state index in [2.05, 4.69) is 20.7 Å². The Morgan fingerprint density at radius 1 is 1.89 bits per heavy atom. The summed E-state index contributed by atoms with van der Waals surface area (Å²) in [6.07, 6.45) is 0. The molecule has 0 aromatic carbocycles. The number of carbonyl (C=O) groups excluding carboxylic acids is 1. The first-order valence-electron chi connectivity index (χ1n) is 2.11. The molecule has 0 rings (SSSR count). The maximum Gasteiger partial charge on any atom is 0.334 e. The Bertz CT molecular complexity index is 115. The van der Waals surface area contributed by atoms with E-state index in [1.807, 2.05) is 0 Å². The first kappa shape index (κ1) is 8.81. The van der Waals surface area contributed by atoms with E-state index in [0.717, 1.165) is 6.92 Å². The summed E-state index contributed by atoms with van der Waals surface area (Å²) in [5.74, 6) is -0.868. The molecule has 1 unspecified atom stereocenters. The molecule has 0 aliphatic carbocycles. The fourth-order valence-electron chi connectivity index (χ4n) is 0.238. The molecule has 0 aliphatic rings. The maximum atomic E-state index is 12.2. The summed E-state index contributed by atoms with van der Waals surface area (Å²) in [6, 6.07) is 0. The van der Waals surface area contributed by atoms with Crippen molar-refractivity contribution in [3.63, 3.8) is 0 Å². The van der Waals surface area contributed by atoms with Gasteiger partial charge in [-0.25, -0.2) is 4.39 Å². The molecule has 0 saturated heterocycles. The van der Waals surface area contributed by atoms with E-state index in [4.69, 9.17) is 0 Å². The topological polar surface area (TPSA) is 26.3 Å². The lowest BCUT2D eigenvalue weighted by atomic mass is 10.7. The summed E-state index contributed by atoms with van der Waals surface area (Å²) < 4.78 is 24.8. The molecule has 9 heavy (non-hydrogen) atoms. The highest BCUT2D eigenvalue weighted by Crippen LogP contribution is 2.21. The predicted molar refractivity (Wildman–Crippen MR) is 30.5 cm³/mol. The Kier molecular flexibility index (Phi) is 3.03. The minimum absolute atomic E-state index is 0.868. The number of ether oxygens (including phenoxy) is 1. The standard InChI is InChI=1S/C4H5BrF2O2/c1-3(8)9-4(5,7)2-6/h2H2,1H3. The van der Waals surface area contributed by atoms with E-state index in [1.54, 1.807) is 0 Å². The van der Waals surface area contributed by atoms with Gasteiger partial charge in [0.1, 0.15) is 0 Å². The summed E-state index contributed by atoms with van der Waals surface area (Å²) in [6.45, 7) is -0.405. The van der Waals surface area contributed by atoms with Crippen molar-refractivity contribution in [2.45, 2.75) is 11.7 Å². The second kappa shape index (κ2) is 3.10. The molecule has 0 fully saturated rings. The number of alkyl halides is 3.